The van der Waals surface area contributed by atoms with Crippen LogP contribution in [0.2, 0.25) is 0 Å². The predicted octanol–water partition coefficient (Wildman–Crippen LogP) is 0.774. The van der Waals surface area contributed by atoms with E-state index in [0.29, 0.717) is 6.41 Å². The van der Waals surface area contributed by atoms with Gasteiger partial charge in [-0.05, 0) is 24.1 Å². The van der Waals surface area contributed by atoms with E-state index in [1.807, 2.05) is 0 Å². The van der Waals surface area contributed by atoms with Gasteiger partial charge in [-0.2, -0.15) is 4.99 Å². The van der Waals surface area contributed by atoms with Crippen molar-refractivity contribution >= 4 is 24.1 Å². The molecule has 1 aliphatic rings. The minimum atomic E-state index is -1.19. The number of methoxy groups -OCH3 is 1. The van der Waals surface area contributed by atoms with E-state index < -0.39 is 42.3 Å². The van der Waals surface area contributed by atoms with Crippen LogP contribution in [0.15, 0.2) is 23.2 Å². The zero-order chi connectivity index (χ0) is 21.4. The molecule has 29 heavy (non-hydrogen) atoms. The number of benzene rings is 1. The Morgan fingerprint density at radius 1 is 1.38 bits per heavy atom. The van der Waals surface area contributed by atoms with Gasteiger partial charge in [-0.3, -0.25) is 9.59 Å². The maximum absolute atomic E-state index is 13.9. The molecule has 9 nitrogen and oxygen atoms in total. The fourth-order valence-corrected chi connectivity index (χ4v) is 3.05. The summed E-state index contributed by atoms with van der Waals surface area (Å²) in [6, 6.07) is 1.24. The van der Waals surface area contributed by atoms with Crippen LogP contribution in [0.3, 0.4) is 0 Å². The molecule has 0 aromatic heterocycles. The smallest absolute Gasteiger partial charge is 0.344 e. The molecule has 0 spiro atoms. The SMILES string of the molecule is COCC1=NC(=O)N(CCCO)C(c2ccc(F)c(F)c2)C1C(=O)OCNC=O. The van der Waals surface area contributed by atoms with E-state index in [-0.39, 0.29) is 37.5 Å². The van der Waals surface area contributed by atoms with E-state index in [9.17, 15) is 23.2 Å². The normalized spacial score (nSPS) is 19.0. The molecule has 0 radical (unpaired) electrons. The van der Waals surface area contributed by atoms with Gasteiger partial charge in [-0.1, -0.05) is 6.07 Å². The highest BCUT2D eigenvalue weighted by Gasteiger charge is 2.44. The third-order valence-corrected chi connectivity index (χ3v) is 4.27. The first-order valence-corrected chi connectivity index (χ1v) is 8.71. The molecule has 0 bridgehead atoms. The highest BCUT2D eigenvalue weighted by Crippen LogP contribution is 2.35. The number of nitrogens with one attached hydrogen (secondary N) is 1. The van der Waals surface area contributed by atoms with E-state index in [4.69, 9.17) is 14.6 Å². The Kier molecular flexibility index (Phi) is 8.16. The first-order valence-electron chi connectivity index (χ1n) is 8.71. The number of hydrogen-bond donors (Lipinski definition) is 2. The highest BCUT2D eigenvalue weighted by atomic mass is 19.2. The number of esters is 1. The Hall–Kier alpha value is -2.92. The molecule has 1 aromatic rings. The monoisotopic (exact) mass is 413 g/mol. The van der Waals surface area contributed by atoms with Gasteiger partial charge in [0.05, 0.1) is 18.4 Å². The summed E-state index contributed by atoms with van der Waals surface area (Å²) in [6.07, 6.45) is 0.512. The summed E-state index contributed by atoms with van der Waals surface area (Å²) >= 11 is 0. The molecule has 2 atom stereocenters. The summed E-state index contributed by atoms with van der Waals surface area (Å²) in [4.78, 5) is 40.8. The first kappa shape index (κ1) is 22.4. The van der Waals surface area contributed by atoms with Gasteiger partial charge < -0.3 is 24.8 Å². The van der Waals surface area contributed by atoms with Crippen LogP contribution < -0.4 is 5.32 Å². The Labute approximate surface area is 165 Å². The molecule has 0 aliphatic carbocycles. The lowest BCUT2D eigenvalue weighted by Gasteiger charge is -2.39. The fourth-order valence-electron chi connectivity index (χ4n) is 3.05. The number of rotatable bonds is 10. The predicted molar refractivity (Wildman–Crippen MR) is 95.9 cm³/mol. The second-order valence-corrected chi connectivity index (χ2v) is 6.12. The number of aliphatic imine (C=N–C) groups is 1. The maximum Gasteiger partial charge on any atom is 0.344 e. The van der Waals surface area contributed by atoms with Crippen LogP contribution in [0, 0.1) is 17.6 Å². The minimum Gasteiger partial charge on any atom is -0.444 e. The van der Waals surface area contributed by atoms with Gasteiger partial charge in [0.15, 0.2) is 18.4 Å². The topological polar surface area (TPSA) is 118 Å². The van der Waals surface area contributed by atoms with Crippen molar-refractivity contribution in [2.24, 2.45) is 10.9 Å². The van der Waals surface area contributed by atoms with Crippen LogP contribution in [0.1, 0.15) is 18.0 Å². The second kappa shape index (κ2) is 10.6. The van der Waals surface area contributed by atoms with Crippen molar-refractivity contribution in [1.29, 1.82) is 0 Å². The number of amides is 3. The van der Waals surface area contributed by atoms with Gasteiger partial charge in [0, 0.05) is 20.3 Å². The lowest BCUT2D eigenvalue weighted by atomic mass is 9.86. The third kappa shape index (κ3) is 5.33. The van der Waals surface area contributed by atoms with Gasteiger partial charge >= 0.3 is 12.0 Å². The molecular weight excluding hydrogens is 392 g/mol. The molecule has 2 N–H and O–H groups in total. The summed E-state index contributed by atoms with van der Waals surface area (Å²) < 4.78 is 37.4. The van der Waals surface area contributed by atoms with E-state index in [0.717, 1.165) is 12.1 Å². The number of aliphatic hydroxyl groups is 1. The van der Waals surface area contributed by atoms with Crippen molar-refractivity contribution in [3.05, 3.63) is 35.4 Å². The lowest BCUT2D eigenvalue weighted by Crippen LogP contribution is -2.49. The van der Waals surface area contributed by atoms with Crippen LogP contribution in [0.5, 0.6) is 0 Å². The summed E-state index contributed by atoms with van der Waals surface area (Å²) in [5, 5.41) is 11.3. The van der Waals surface area contributed by atoms with Crippen LogP contribution in [0.4, 0.5) is 13.6 Å². The Morgan fingerprint density at radius 2 is 2.14 bits per heavy atom. The number of ether oxygens (including phenoxy) is 2. The molecule has 0 fully saturated rings. The van der Waals surface area contributed by atoms with Crippen molar-refractivity contribution in [3.8, 4) is 0 Å². The van der Waals surface area contributed by atoms with Gasteiger partial charge in [-0.15, -0.1) is 0 Å². The standard InChI is InChI=1S/C18H21F2N3O6/c1-28-8-14-15(17(26)29-10-21-9-25)16(11-3-4-12(19)13(20)7-11)23(5-2-6-24)18(27)22-14/h3-4,7,9,15-16,24H,2,5-6,8,10H2,1H3,(H,21,25). The van der Waals surface area contributed by atoms with Crippen molar-refractivity contribution < 1.29 is 37.7 Å². The average Bonchev–Trinajstić information content (AvgIpc) is 2.69. The molecule has 2 unspecified atom stereocenters. The quantitative estimate of drug-likeness (QED) is 0.253. The Morgan fingerprint density at radius 3 is 2.76 bits per heavy atom. The Balaban J connectivity index is 2.53. The fraction of sp³-hybridized carbons (Fsp3) is 0.444. The summed E-state index contributed by atoms with van der Waals surface area (Å²) in [5.41, 5.74) is 0.188. The van der Waals surface area contributed by atoms with Gasteiger partial charge in [0.2, 0.25) is 6.41 Å². The number of urea groups is 1. The van der Waals surface area contributed by atoms with Crippen LogP contribution in [-0.4, -0.2) is 67.7 Å². The maximum atomic E-state index is 13.9. The molecule has 2 rings (SSSR count). The van der Waals surface area contributed by atoms with Crippen molar-refractivity contribution in [2.45, 2.75) is 12.5 Å². The largest absolute Gasteiger partial charge is 0.444 e. The molecular formula is C18H21F2N3O6. The van der Waals surface area contributed by atoms with Crippen molar-refractivity contribution in [1.82, 2.24) is 10.2 Å². The van der Waals surface area contributed by atoms with E-state index in [1.165, 1.54) is 18.1 Å². The highest BCUT2D eigenvalue weighted by molar-refractivity contribution is 6.10. The van der Waals surface area contributed by atoms with Crippen LogP contribution in [-0.2, 0) is 19.1 Å². The average molecular weight is 413 g/mol. The molecule has 0 saturated heterocycles. The van der Waals surface area contributed by atoms with Crippen molar-refractivity contribution in [3.63, 3.8) is 0 Å². The summed E-state index contributed by atoms with van der Waals surface area (Å²) in [5.74, 6) is -4.27. The Bertz CT molecular complexity index is 789. The third-order valence-electron chi connectivity index (χ3n) is 4.27. The number of carbonyl (C=O) groups is 3. The minimum absolute atomic E-state index is 0.0130. The number of hydrogen-bond acceptors (Lipinski definition) is 6. The van der Waals surface area contributed by atoms with Gasteiger partial charge in [0.25, 0.3) is 0 Å². The number of carbonyl (C=O) groups excluding carboxylic acids is 3. The molecule has 1 aromatic carbocycles. The number of aliphatic hydroxyl groups excluding tert-OH is 1. The molecule has 0 saturated carbocycles. The summed E-state index contributed by atoms with van der Waals surface area (Å²) in [7, 11) is 1.34. The van der Waals surface area contributed by atoms with Crippen molar-refractivity contribution in [2.75, 3.05) is 33.6 Å². The van der Waals surface area contributed by atoms with E-state index in [1.54, 1.807) is 0 Å². The molecule has 158 valence electrons. The van der Waals surface area contributed by atoms with E-state index in [2.05, 4.69) is 10.3 Å². The zero-order valence-corrected chi connectivity index (χ0v) is 15.6. The number of halogens is 2. The summed E-state index contributed by atoms with van der Waals surface area (Å²) in [6.45, 7) is -0.824. The number of nitrogens with zero attached hydrogens (tertiary/aromatic N) is 2. The second-order valence-electron chi connectivity index (χ2n) is 6.12. The molecule has 11 heteroatoms. The molecule has 1 aliphatic heterocycles. The van der Waals surface area contributed by atoms with Gasteiger partial charge in [0.1, 0.15) is 5.92 Å². The first-order chi connectivity index (χ1) is 13.9. The zero-order valence-electron chi connectivity index (χ0n) is 15.6. The molecule has 1 heterocycles. The van der Waals surface area contributed by atoms with Crippen LogP contribution in [0.25, 0.3) is 0 Å². The van der Waals surface area contributed by atoms with Gasteiger partial charge in [-0.25, -0.2) is 13.6 Å². The van der Waals surface area contributed by atoms with Crippen LogP contribution >= 0.6 is 0 Å². The lowest BCUT2D eigenvalue weighted by molar-refractivity contribution is -0.149. The van der Waals surface area contributed by atoms with E-state index >= 15 is 0 Å². The molecule has 3 amide bonds.